The Balaban J connectivity index is 2.32. The molecule has 0 radical (unpaired) electrons. The Labute approximate surface area is 85.8 Å². The first-order valence-electron chi connectivity index (χ1n) is 5.16. The van der Waals surface area contributed by atoms with Crippen LogP contribution in [0.4, 0.5) is 0 Å². The summed E-state index contributed by atoms with van der Waals surface area (Å²) in [4.78, 5) is 0. The molecule has 0 heterocycles. The maximum atomic E-state index is 5.59. The predicted octanol–water partition coefficient (Wildman–Crippen LogP) is 2.88. The van der Waals surface area contributed by atoms with Crippen LogP contribution >= 0.6 is 0 Å². The van der Waals surface area contributed by atoms with Gasteiger partial charge in [0.1, 0.15) is 12.4 Å². The van der Waals surface area contributed by atoms with Crippen molar-refractivity contribution < 1.29 is 9.47 Å². The molecule has 0 N–H and O–H groups in total. The molecule has 0 aliphatic carbocycles. The molecule has 78 valence electrons. The molecule has 2 nitrogen and oxygen atoms in total. The second-order valence-electron chi connectivity index (χ2n) is 3.11. The molecule has 0 spiro atoms. The Morgan fingerprint density at radius 1 is 1.14 bits per heavy atom. The van der Waals surface area contributed by atoms with E-state index in [4.69, 9.17) is 9.47 Å². The highest BCUT2D eigenvalue weighted by Crippen LogP contribution is 2.10. The summed E-state index contributed by atoms with van der Waals surface area (Å²) >= 11 is 0. The fourth-order valence-electron chi connectivity index (χ4n) is 1.23. The smallest absolute Gasteiger partial charge is 0.119 e. The van der Waals surface area contributed by atoms with Gasteiger partial charge in [-0.15, -0.1) is 0 Å². The van der Waals surface area contributed by atoms with E-state index in [9.17, 15) is 0 Å². The van der Waals surface area contributed by atoms with Gasteiger partial charge in [-0.05, 0) is 25.5 Å². The van der Waals surface area contributed by atoms with Crippen LogP contribution in [0.15, 0.2) is 30.3 Å². The number of para-hydroxylation sites is 1. The van der Waals surface area contributed by atoms with Crippen molar-refractivity contribution in [1.29, 1.82) is 0 Å². The van der Waals surface area contributed by atoms with Gasteiger partial charge in [-0.3, -0.25) is 0 Å². The quantitative estimate of drug-likeness (QED) is 0.693. The van der Waals surface area contributed by atoms with Crippen LogP contribution in [0.2, 0.25) is 0 Å². The van der Waals surface area contributed by atoms with E-state index in [1.54, 1.807) is 0 Å². The van der Waals surface area contributed by atoms with Gasteiger partial charge in [0, 0.05) is 6.61 Å². The van der Waals surface area contributed by atoms with Crippen LogP contribution in [0, 0.1) is 0 Å². The van der Waals surface area contributed by atoms with Gasteiger partial charge in [0.15, 0.2) is 0 Å². The lowest BCUT2D eigenvalue weighted by Gasteiger charge is -2.15. The standard InChI is InChI=1S/C12H18O2/c1-3-11(13-4-2)10-14-12-8-6-5-7-9-12/h5-9,11H,3-4,10H2,1-2H3. The molecule has 2 heteroatoms. The molecule has 0 amide bonds. The number of benzene rings is 1. The SMILES string of the molecule is CCOC(CC)COc1ccccc1. The van der Waals surface area contributed by atoms with E-state index in [-0.39, 0.29) is 6.10 Å². The molecule has 1 aromatic carbocycles. The summed E-state index contributed by atoms with van der Waals surface area (Å²) in [5.41, 5.74) is 0. The van der Waals surface area contributed by atoms with Gasteiger partial charge in [0.25, 0.3) is 0 Å². The third-order valence-corrected chi connectivity index (χ3v) is 2.04. The zero-order valence-corrected chi connectivity index (χ0v) is 8.90. The summed E-state index contributed by atoms with van der Waals surface area (Å²) in [6.45, 7) is 5.49. The van der Waals surface area contributed by atoms with Crippen molar-refractivity contribution in [2.45, 2.75) is 26.4 Å². The first-order chi connectivity index (χ1) is 6.86. The lowest BCUT2D eigenvalue weighted by Crippen LogP contribution is -2.20. The van der Waals surface area contributed by atoms with Crippen LogP contribution in [0.5, 0.6) is 5.75 Å². The molecule has 0 aliphatic heterocycles. The van der Waals surface area contributed by atoms with Gasteiger partial charge in [-0.1, -0.05) is 25.1 Å². The predicted molar refractivity (Wildman–Crippen MR) is 57.6 cm³/mol. The second kappa shape index (κ2) is 6.44. The molecule has 0 saturated heterocycles. The van der Waals surface area contributed by atoms with Gasteiger partial charge in [-0.25, -0.2) is 0 Å². The van der Waals surface area contributed by atoms with Crippen molar-refractivity contribution in [2.75, 3.05) is 13.2 Å². The van der Waals surface area contributed by atoms with Crippen molar-refractivity contribution in [2.24, 2.45) is 0 Å². The van der Waals surface area contributed by atoms with Gasteiger partial charge < -0.3 is 9.47 Å². The van der Waals surface area contributed by atoms with Crippen molar-refractivity contribution in [3.63, 3.8) is 0 Å². The van der Waals surface area contributed by atoms with Gasteiger partial charge >= 0.3 is 0 Å². The lowest BCUT2D eigenvalue weighted by atomic mass is 10.3. The first-order valence-corrected chi connectivity index (χ1v) is 5.16. The number of hydrogen-bond acceptors (Lipinski definition) is 2. The highest BCUT2D eigenvalue weighted by Gasteiger charge is 2.05. The summed E-state index contributed by atoms with van der Waals surface area (Å²) < 4.78 is 11.1. The Morgan fingerprint density at radius 2 is 1.86 bits per heavy atom. The van der Waals surface area contributed by atoms with E-state index >= 15 is 0 Å². The molecule has 0 fully saturated rings. The maximum Gasteiger partial charge on any atom is 0.119 e. The molecule has 0 aliphatic rings. The minimum atomic E-state index is 0.209. The third kappa shape index (κ3) is 3.79. The van der Waals surface area contributed by atoms with E-state index in [0.717, 1.165) is 18.8 Å². The number of ether oxygens (including phenoxy) is 2. The Kier molecular flexibility index (Phi) is 5.08. The van der Waals surface area contributed by atoms with Crippen molar-refractivity contribution in [1.82, 2.24) is 0 Å². The normalized spacial score (nSPS) is 12.4. The zero-order chi connectivity index (χ0) is 10.2. The van der Waals surface area contributed by atoms with E-state index in [0.29, 0.717) is 6.61 Å². The topological polar surface area (TPSA) is 18.5 Å². The Morgan fingerprint density at radius 3 is 2.43 bits per heavy atom. The molecule has 0 aromatic heterocycles. The summed E-state index contributed by atoms with van der Waals surface area (Å²) in [5, 5.41) is 0. The average molecular weight is 194 g/mol. The van der Waals surface area contributed by atoms with Crippen LogP contribution in [0.25, 0.3) is 0 Å². The van der Waals surface area contributed by atoms with E-state index in [1.165, 1.54) is 0 Å². The van der Waals surface area contributed by atoms with E-state index < -0.39 is 0 Å². The largest absolute Gasteiger partial charge is 0.491 e. The molecule has 0 bridgehead atoms. The lowest BCUT2D eigenvalue weighted by molar-refractivity contribution is 0.0256. The minimum absolute atomic E-state index is 0.209. The molecule has 1 unspecified atom stereocenters. The summed E-state index contributed by atoms with van der Waals surface area (Å²) in [7, 11) is 0. The van der Waals surface area contributed by atoms with E-state index in [1.807, 2.05) is 37.3 Å². The van der Waals surface area contributed by atoms with Crippen LogP contribution in [-0.2, 0) is 4.74 Å². The van der Waals surface area contributed by atoms with Crippen LogP contribution in [0.1, 0.15) is 20.3 Å². The molecule has 1 rings (SSSR count). The van der Waals surface area contributed by atoms with Gasteiger partial charge in [0.05, 0.1) is 6.10 Å². The zero-order valence-electron chi connectivity index (χ0n) is 8.90. The molecule has 1 aromatic rings. The molecule has 14 heavy (non-hydrogen) atoms. The Hall–Kier alpha value is -1.02. The van der Waals surface area contributed by atoms with Crippen molar-refractivity contribution >= 4 is 0 Å². The molecular weight excluding hydrogens is 176 g/mol. The summed E-state index contributed by atoms with van der Waals surface area (Å²) in [5.74, 6) is 0.908. The van der Waals surface area contributed by atoms with Gasteiger partial charge in [-0.2, -0.15) is 0 Å². The van der Waals surface area contributed by atoms with Crippen LogP contribution in [-0.4, -0.2) is 19.3 Å². The van der Waals surface area contributed by atoms with Crippen molar-refractivity contribution in [3.8, 4) is 5.75 Å². The number of rotatable bonds is 6. The first kappa shape index (κ1) is 11.1. The Bertz CT molecular complexity index is 233. The monoisotopic (exact) mass is 194 g/mol. The fourth-order valence-corrected chi connectivity index (χ4v) is 1.23. The fraction of sp³-hybridized carbons (Fsp3) is 0.500. The molecule has 0 saturated carbocycles. The number of hydrogen-bond donors (Lipinski definition) is 0. The summed E-state index contributed by atoms with van der Waals surface area (Å²) in [6.07, 6.45) is 1.20. The van der Waals surface area contributed by atoms with Crippen molar-refractivity contribution in [3.05, 3.63) is 30.3 Å². The maximum absolute atomic E-state index is 5.59. The van der Waals surface area contributed by atoms with E-state index in [2.05, 4.69) is 6.92 Å². The van der Waals surface area contributed by atoms with Gasteiger partial charge in [0.2, 0.25) is 0 Å². The second-order valence-corrected chi connectivity index (χ2v) is 3.11. The summed E-state index contributed by atoms with van der Waals surface area (Å²) in [6, 6.07) is 9.83. The minimum Gasteiger partial charge on any atom is -0.491 e. The van der Waals surface area contributed by atoms with Crippen LogP contribution < -0.4 is 4.74 Å². The molecule has 1 atom stereocenters. The molecular formula is C12H18O2. The highest BCUT2D eigenvalue weighted by molar-refractivity contribution is 5.20. The third-order valence-electron chi connectivity index (χ3n) is 2.04. The highest BCUT2D eigenvalue weighted by atomic mass is 16.5. The van der Waals surface area contributed by atoms with Crippen LogP contribution in [0.3, 0.4) is 0 Å². The average Bonchev–Trinajstić information content (AvgIpc) is 2.25.